The molecule has 2 N–H and O–H groups in total. The summed E-state index contributed by atoms with van der Waals surface area (Å²) in [5.41, 5.74) is 1.79. The summed E-state index contributed by atoms with van der Waals surface area (Å²) in [5, 5.41) is 12.0. The van der Waals surface area contributed by atoms with Gasteiger partial charge < -0.3 is 14.7 Å². The maximum Gasteiger partial charge on any atom is 0.412 e. The molecule has 2 rings (SSSR count). The Balaban J connectivity index is 2.19. The lowest BCUT2D eigenvalue weighted by molar-refractivity contribution is 0.0636. The molecule has 0 unspecified atom stereocenters. The Morgan fingerprint density at radius 2 is 2.09 bits per heavy atom. The summed E-state index contributed by atoms with van der Waals surface area (Å²) in [6, 6.07) is 7.49. The van der Waals surface area contributed by atoms with Crippen LogP contribution in [0.15, 0.2) is 48.2 Å². The van der Waals surface area contributed by atoms with E-state index >= 15 is 0 Å². The summed E-state index contributed by atoms with van der Waals surface area (Å²) >= 11 is 0. The Kier molecular flexibility index (Phi) is 4.88. The maximum atomic E-state index is 12.0. The van der Waals surface area contributed by atoms with Gasteiger partial charge in [-0.3, -0.25) is 5.32 Å². The molecule has 0 aromatic heterocycles. The number of aliphatic hydroxyl groups is 1. The van der Waals surface area contributed by atoms with E-state index in [2.05, 4.69) is 5.32 Å². The van der Waals surface area contributed by atoms with Gasteiger partial charge in [-0.25, -0.2) is 4.79 Å². The summed E-state index contributed by atoms with van der Waals surface area (Å²) in [7, 11) is 0. The predicted molar refractivity (Wildman–Crippen MR) is 88.0 cm³/mol. The van der Waals surface area contributed by atoms with Crippen molar-refractivity contribution in [2.24, 2.45) is 0 Å². The van der Waals surface area contributed by atoms with E-state index in [9.17, 15) is 9.90 Å². The second kappa shape index (κ2) is 6.66. The van der Waals surface area contributed by atoms with Crippen molar-refractivity contribution in [3.05, 3.63) is 48.2 Å². The zero-order chi connectivity index (χ0) is 16.2. The Labute approximate surface area is 130 Å². The van der Waals surface area contributed by atoms with Gasteiger partial charge in [0.2, 0.25) is 0 Å². The lowest BCUT2D eigenvalue weighted by Gasteiger charge is -2.26. The maximum absolute atomic E-state index is 12.0. The number of benzene rings is 1. The normalized spacial score (nSPS) is 14.5. The highest BCUT2D eigenvalue weighted by atomic mass is 16.6. The molecule has 1 aromatic rings. The topological polar surface area (TPSA) is 61.8 Å². The minimum absolute atomic E-state index is 0.0192. The van der Waals surface area contributed by atoms with E-state index in [1.54, 1.807) is 0 Å². The fourth-order valence-corrected chi connectivity index (χ4v) is 2.12. The monoisotopic (exact) mass is 302 g/mol. The summed E-state index contributed by atoms with van der Waals surface area (Å²) in [6.07, 6.45) is 5.24. The third kappa shape index (κ3) is 4.36. The fraction of sp³-hybridized carbons (Fsp3) is 0.353. The molecule has 0 aliphatic carbocycles. The first-order valence-electron chi connectivity index (χ1n) is 7.23. The van der Waals surface area contributed by atoms with Crippen molar-refractivity contribution in [1.29, 1.82) is 0 Å². The first-order valence-corrected chi connectivity index (χ1v) is 7.23. The van der Waals surface area contributed by atoms with Gasteiger partial charge in [-0.2, -0.15) is 0 Å². The van der Waals surface area contributed by atoms with Crippen molar-refractivity contribution >= 4 is 17.5 Å². The van der Waals surface area contributed by atoms with Crippen LogP contribution < -0.4 is 10.2 Å². The van der Waals surface area contributed by atoms with Crippen LogP contribution in [0.25, 0.3) is 0 Å². The largest absolute Gasteiger partial charge is 0.444 e. The number of anilines is 2. The number of aliphatic hydroxyl groups excluding tert-OH is 1. The molecule has 0 saturated carbocycles. The molecule has 1 aromatic carbocycles. The predicted octanol–water partition coefficient (Wildman–Crippen LogP) is 3.29. The second-order valence-corrected chi connectivity index (χ2v) is 6.06. The van der Waals surface area contributed by atoms with Gasteiger partial charge in [0.25, 0.3) is 0 Å². The van der Waals surface area contributed by atoms with Gasteiger partial charge in [0.1, 0.15) is 5.60 Å². The van der Waals surface area contributed by atoms with Crippen LogP contribution in [0.1, 0.15) is 20.8 Å². The number of rotatable bonds is 3. The number of para-hydroxylation sites is 2. The minimum Gasteiger partial charge on any atom is -0.444 e. The van der Waals surface area contributed by atoms with Crippen LogP contribution in [0.4, 0.5) is 16.2 Å². The summed E-state index contributed by atoms with van der Waals surface area (Å²) in [5.74, 6) is 0. The molecule has 0 radical (unpaired) electrons. The highest BCUT2D eigenvalue weighted by molar-refractivity contribution is 5.90. The Hall–Kier alpha value is -2.27. The zero-order valence-electron chi connectivity index (χ0n) is 13.2. The molecule has 1 aliphatic rings. The van der Waals surface area contributed by atoms with Crippen LogP contribution in [0, 0.1) is 0 Å². The first kappa shape index (κ1) is 16.1. The second-order valence-electron chi connectivity index (χ2n) is 6.06. The van der Waals surface area contributed by atoms with Gasteiger partial charge >= 0.3 is 6.09 Å². The molecule has 1 aliphatic heterocycles. The van der Waals surface area contributed by atoms with E-state index in [1.807, 2.05) is 68.3 Å². The number of carbonyl (C=O) groups is 1. The number of nitrogens with one attached hydrogen (secondary N) is 1. The Morgan fingerprint density at radius 3 is 2.77 bits per heavy atom. The van der Waals surface area contributed by atoms with E-state index in [-0.39, 0.29) is 6.61 Å². The fourth-order valence-electron chi connectivity index (χ4n) is 2.12. The lowest BCUT2D eigenvalue weighted by Crippen LogP contribution is -2.28. The standard InChI is InChI=1S/C17H22N2O3/c1-17(2,3)22-16(21)18-14-8-4-5-9-15(14)19-10-6-7-13(11-19)12-20/h4-9,11,20H,10,12H2,1-3H3,(H,18,21). The molecule has 0 spiro atoms. The third-order valence-electron chi connectivity index (χ3n) is 2.99. The van der Waals surface area contributed by atoms with Gasteiger partial charge in [0, 0.05) is 12.7 Å². The average Bonchev–Trinajstić information content (AvgIpc) is 2.46. The van der Waals surface area contributed by atoms with Gasteiger partial charge in [0.15, 0.2) is 0 Å². The quantitative estimate of drug-likeness (QED) is 0.899. The van der Waals surface area contributed by atoms with Crippen molar-refractivity contribution < 1.29 is 14.6 Å². The van der Waals surface area contributed by atoms with E-state index in [1.165, 1.54) is 0 Å². The van der Waals surface area contributed by atoms with Gasteiger partial charge in [-0.05, 0) is 38.5 Å². The minimum atomic E-state index is -0.545. The van der Waals surface area contributed by atoms with Crippen LogP contribution in [0.2, 0.25) is 0 Å². The van der Waals surface area contributed by atoms with E-state index < -0.39 is 11.7 Å². The summed E-state index contributed by atoms with van der Waals surface area (Å²) in [4.78, 5) is 13.9. The van der Waals surface area contributed by atoms with Gasteiger partial charge in [-0.1, -0.05) is 24.3 Å². The van der Waals surface area contributed by atoms with Crippen molar-refractivity contribution in [2.75, 3.05) is 23.4 Å². The van der Waals surface area contributed by atoms with Gasteiger partial charge in [-0.15, -0.1) is 0 Å². The number of hydrogen-bond donors (Lipinski definition) is 2. The molecule has 0 saturated heterocycles. The highest BCUT2D eigenvalue weighted by Gasteiger charge is 2.18. The van der Waals surface area contributed by atoms with Crippen molar-refractivity contribution in [2.45, 2.75) is 26.4 Å². The smallest absolute Gasteiger partial charge is 0.412 e. The third-order valence-corrected chi connectivity index (χ3v) is 2.99. The van der Waals surface area contributed by atoms with Crippen LogP contribution in [0.5, 0.6) is 0 Å². The number of carbonyl (C=O) groups excluding carboxylic acids is 1. The number of amides is 1. The SMILES string of the molecule is CC(C)(C)OC(=O)Nc1ccccc1N1C=C(CO)C=CC1. The molecular formula is C17H22N2O3. The summed E-state index contributed by atoms with van der Waals surface area (Å²) < 4.78 is 5.29. The molecule has 0 atom stereocenters. The number of ether oxygens (including phenoxy) is 1. The van der Waals surface area contributed by atoms with Crippen molar-refractivity contribution in [3.63, 3.8) is 0 Å². The Bertz CT molecular complexity index is 600. The molecule has 0 fully saturated rings. The lowest BCUT2D eigenvalue weighted by atomic mass is 10.1. The van der Waals surface area contributed by atoms with Crippen molar-refractivity contribution in [1.82, 2.24) is 0 Å². The Morgan fingerprint density at radius 1 is 1.36 bits per heavy atom. The van der Waals surface area contributed by atoms with E-state index in [0.29, 0.717) is 12.2 Å². The molecule has 5 heteroatoms. The van der Waals surface area contributed by atoms with E-state index in [0.717, 1.165) is 11.3 Å². The van der Waals surface area contributed by atoms with E-state index in [4.69, 9.17) is 4.74 Å². The summed E-state index contributed by atoms with van der Waals surface area (Å²) in [6.45, 7) is 6.13. The number of nitrogens with zero attached hydrogens (tertiary/aromatic N) is 1. The van der Waals surface area contributed by atoms with Crippen LogP contribution in [0.3, 0.4) is 0 Å². The molecule has 5 nitrogen and oxygen atoms in total. The molecule has 22 heavy (non-hydrogen) atoms. The van der Waals surface area contributed by atoms with Crippen LogP contribution in [-0.2, 0) is 4.74 Å². The highest BCUT2D eigenvalue weighted by Crippen LogP contribution is 2.28. The van der Waals surface area contributed by atoms with Crippen molar-refractivity contribution in [3.8, 4) is 0 Å². The first-order chi connectivity index (χ1) is 10.4. The zero-order valence-corrected chi connectivity index (χ0v) is 13.2. The molecule has 118 valence electrons. The molecule has 1 amide bonds. The molecule has 0 bridgehead atoms. The number of hydrogen-bond acceptors (Lipinski definition) is 4. The van der Waals surface area contributed by atoms with Crippen LogP contribution in [-0.4, -0.2) is 30.0 Å². The van der Waals surface area contributed by atoms with Crippen LogP contribution >= 0.6 is 0 Å². The molecule has 1 heterocycles. The average molecular weight is 302 g/mol. The molecular weight excluding hydrogens is 280 g/mol. The van der Waals surface area contributed by atoms with Gasteiger partial charge in [0.05, 0.1) is 18.0 Å².